The Morgan fingerprint density at radius 2 is 1.91 bits per heavy atom. The molecule has 5 aliphatic heterocycles. The molecule has 0 unspecified atom stereocenters. The Kier molecular flexibility index (Phi) is 9.19. The molecule has 7 heterocycles. The second-order valence-corrected chi connectivity index (χ2v) is 17.3. The number of benzene rings is 2. The molecule has 9 rings (SSSR count). The van der Waals surface area contributed by atoms with Crippen LogP contribution in [0.1, 0.15) is 71.1 Å². The minimum atomic E-state index is -0.958. The summed E-state index contributed by atoms with van der Waals surface area (Å²) >= 11 is 0. The van der Waals surface area contributed by atoms with Gasteiger partial charge in [-0.3, -0.25) is 9.80 Å². The molecule has 6 atom stereocenters. The van der Waals surface area contributed by atoms with Gasteiger partial charge in [0.2, 0.25) is 0 Å². The Labute approximate surface area is 329 Å². The average molecular weight is 785 g/mol. The Hall–Kier alpha value is -4.87. The van der Waals surface area contributed by atoms with Crippen LogP contribution in [0, 0.1) is 29.9 Å². The number of hydrogen-bond acceptors (Lipinski definition) is 10. The number of amides is 1. The van der Waals surface area contributed by atoms with Crippen molar-refractivity contribution in [3.63, 3.8) is 0 Å². The van der Waals surface area contributed by atoms with E-state index in [4.69, 9.17) is 40.3 Å². The van der Waals surface area contributed by atoms with Crippen molar-refractivity contribution >= 4 is 33.6 Å². The van der Waals surface area contributed by atoms with Crippen molar-refractivity contribution in [3.05, 3.63) is 47.2 Å². The standard InChI is InChI=1S/C43H47F3N6O5/c1-7-28-30(45)11-9-24-16-27(56-22-54-6)17-29(33(24)28)36-35(46)37-34-31(47-36)15-23(2)38-32-12-10-26(52(32)41(53)57-42(3,4)5)20-51(38)39(34)49-40(48-37)55-21-43-13-8-14-50(43)19-25(44)18-43/h1,9,11,16-17,23,25-26,32,38H,8,10,12-15,18-22H2,2-6H3/t23-,25-,26-,32+,38+,43+/m1/s1. The number of pyridine rings is 1. The average Bonchev–Trinajstić information content (AvgIpc) is 3.78. The van der Waals surface area contributed by atoms with E-state index in [1.807, 2.05) is 25.7 Å². The van der Waals surface area contributed by atoms with E-state index in [-0.39, 0.29) is 71.9 Å². The van der Waals surface area contributed by atoms with Crippen LogP contribution in [0.15, 0.2) is 24.3 Å². The van der Waals surface area contributed by atoms with E-state index < -0.39 is 28.9 Å². The molecule has 0 N–H and O–H groups in total. The summed E-state index contributed by atoms with van der Waals surface area (Å²) in [6.45, 7) is 9.33. The maximum Gasteiger partial charge on any atom is 0.410 e. The van der Waals surface area contributed by atoms with Gasteiger partial charge in [-0.05, 0) is 88.9 Å². The van der Waals surface area contributed by atoms with Crippen molar-refractivity contribution in [1.82, 2.24) is 24.8 Å². The fourth-order valence-corrected chi connectivity index (χ4v) is 10.3. The first-order valence-electron chi connectivity index (χ1n) is 19.8. The highest BCUT2D eigenvalue weighted by Crippen LogP contribution is 2.48. The smallest absolute Gasteiger partial charge is 0.410 e. The molecule has 300 valence electrons. The van der Waals surface area contributed by atoms with Crippen LogP contribution in [0.2, 0.25) is 0 Å². The topological polar surface area (TPSA) is 102 Å². The van der Waals surface area contributed by atoms with Gasteiger partial charge >= 0.3 is 12.1 Å². The van der Waals surface area contributed by atoms with Crippen LogP contribution in [0.25, 0.3) is 32.9 Å². The van der Waals surface area contributed by atoms with Crippen LogP contribution in [0.4, 0.5) is 23.8 Å². The fourth-order valence-electron chi connectivity index (χ4n) is 10.3. The van der Waals surface area contributed by atoms with Gasteiger partial charge in [-0.15, -0.1) is 6.42 Å². The molecule has 0 spiro atoms. The molecule has 14 heteroatoms. The van der Waals surface area contributed by atoms with Gasteiger partial charge in [-0.2, -0.15) is 9.97 Å². The number of anilines is 1. The van der Waals surface area contributed by atoms with Crippen molar-refractivity contribution in [3.8, 4) is 35.4 Å². The molecule has 57 heavy (non-hydrogen) atoms. The third-order valence-corrected chi connectivity index (χ3v) is 12.5. The van der Waals surface area contributed by atoms with Gasteiger partial charge in [-0.25, -0.2) is 22.9 Å². The van der Waals surface area contributed by atoms with Crippen molar-refractivity contribution < 1.29 is 36.9 Å². The van der Waals surface area contributed by atoms with Crippen LogP contribution >= 0.6 is 0 Å². The van der Waals surface area contributed by atoms with Gasteiger partial charge in [0.25, 0.3) is 0 Å². The maximum absolute atomic E-state index is 17.7. The van der Waals surface area contributed by atoms with Crippen molar-refractivity contribution in [2.24, 2.45) is 5.92 Å². The van der Waals surface area contributed by atoms with Crippen LogP contribution in [0.5, 0.6) is 11.8 Å². The summed E-state index contributed by atoms with van der Waals surface area (Å²) in [5.41, 5.74) is -0.501. The summed E-state index contributed by atoms with van der Waals surface area (Å²) in [6, 6.07) is 5.51. The Morgan fingerprint density at radius 1 is 1.09 bits per heavy atom. The number of nitrogens with zero attached hydrogens (tertiary/aromatic N) is 6. The summed E-state index contributed by atoms with van der Waals surface area (Å²) in [7, 11) is 1.49. The normalized spacial score (nSPS) is 26.7. The molecular formula is C43H47F3N6O5. The number of rotatable bonds is 7. The van der Waals surface area contributed by atoms with Gasteiger partial charge in [0.1, 0.15) is 47.0 Å². The predicted molar refractivity (Wildman–Crippen MR) is 208 cm³/mol. The van der Waals surface area contributed by atoms with E-state index in [1.54, 1.807) is 18.2 Å². The Balaban J connectivity index is 1.23. The third kappa shape index (κ3) is 6.29. The number of fused-ring (bicyclic) bond motifs is 7. The SMILES string of the molecule is C#Cc1c(F)ccc2cc(OCOC)cc(-c3nc4c5c(nc(OC[C@@]67CCCN6C[C@H](F)C7)nc5c3F)N3C[C@H]5CC[C@@H]([C@@H]3[C@H](C)C4)N5C(=O)OC(C)(C)C)c12. The first-order valence-corrected chi connectivity index (χ1v) is 19.8. The Morgan fingerprint density at radius 3 is 2.68 bits per heavy atom. The number of carbonyl (C=O) groups excluding carboxylic acids is 1. The first-order chi connectivity index (χ1) is 27.3. The minimum absolute atomic E-state index is 0.00430. The summed E-state index contributed by atoms with van der Waals surface area (Å²) in [4.78, 5) is 34.8. The molecule has 2 bridgehead atoms. The van der Waals surface area contributed by atoms with E-state index in [0.717, 1.165) is 32.2 Å². The predicted octanol–water partition coefficient (Wildman–Crippen LogP) is 7.19. The number of alkyl halides is 1. The number of piperazine rings is 1. The Bertz CT molecular complexity index is 2330. The quantitative estimate of drug-likeness (QED) is 0.141. The van der Waals surface area contributed by atoms with E-state index in [9.17, 15) is 9.18 Å². The molecular weight excluding hydrogens is 738 g/mol. The number of halogens is 3. The molecule has 2 aromatic carbocycles. The van der Waals surface area contributed by atoms with Crippen molar-refractivity contribution in [2.75, 3.05) is 45.0 Å². The van der Waals surface area contributed by atoms with Crippen LogP contribution in [-0.2, 0) is 15.9 Å². The van der Waals surface area contributed by atoms with Crippen LogP contribution in [0.3, 0.4) is 0 Å². The maximum atomic E-state index is 17.7. The monoisotopic (exact) mass is 784 g/mol. The highest BCUT2D eigenvalue weighted by molar-refractivity contribution is 6.03. The highest BCUT2D eigenvalue weighted by atomic mass is 19.1. The molecule has 2 aromatic heterocycles. The second-order valence-electron chi connectivity index (χ2n) is 17.3. The van der Waals surface area contributed by atoms with Crippen LogP contribution in [-0.4, -0.2) is 106 Å². The van der Waals surface area contributed by atoms with Gasteiger partial charge in [0, 0.05) is 37.6 Å². The van der Waals surface area contributed by atoms with Crippen molar-refractivity contribution in [2.45, 2.75) is 102 Å². The number of terminal acetylenes is 1. The fraction of sp³-hybridized carbons (Fsp3) is 0.535. The number of methoxy groups -OCH3 is 1. The lowest BCUT2D eigenvalue weighted by molar-refractivity contribution is 0.00489. The highest BCUT2D eigenvalue weighted by Gasteiger charge is 2.53. The van der Waals surface area contributed by atoms with Gasteiger partial charge in [0.05, 0.1) is 40.3 Å². The number of carbonyl (C=O) groups is 1. The van der Waals surface area contributed by atoms with E-state index in [0.29, 0.717) is 59.4 Å². The minimum Gasteiger partial charge on any atom is -0.468 e. The lowest BCUT2D eigenvalue weighted by atomic mass is 9.88. The summed E-state index contributed by atoms with van der Waals surface area (Å²) < 4.78 is 71.2. The molecule has 0 radical (unpaired) electrons. The number of ether oxygens (including phenoxy) is 4. The molecule has 11 nitrogen and oxygen atoms in total. The largest absolute Gasteiger partial charge is 0.468 e. The number of hydrogen-bond donors (Lipinski definition) is 0. The molecule has 4 saturated heterocycles. The molecule has 4 aromatic rings. The van der Waals surface area contributed by atoms with Gasteiger partial charge in [0.15, 0.2) is 12.6 Å². The molecule has 0 aliphatic carbocycles. The summed E-state index contributed by atoms with van der Waals surface area (Å²) in [5.74, 6) is 1.81. The zero-order valence-electron chi connectivity index (χ0n) is 32.9. The lowest BCUT2D eigenvalue weighted by Crippen LogP contribution is -2.63. The van der Waals surface area contributed by atoms with Crippen molar-refractivity contribution in [1.29, 1.82) is 0 Å². The van der Waals surface area contributed by atoms with E-state index >= 15 is 8.78 Å². The molecule has 4 fully saturated rings. The van der Waals surface area contributed by atoms with Gasteiger partial charge < -0.3 is 23.8 Å². The van der Waals surface area contributed by atoms with Crippen LogP contribution < -0.4 is 14.4 Å². The third-order valence-electron chi connectivity index (χ3n) is 12.5. The van der Waals surface area contributed by atoms with E-state index in [2.05, 4.69) is 22.6 Å². The number of aromatic nitrogens is 3. The van der Waals surface area contributed by atoms with Gasteiger partial charge in [-0.1, -0.05) is 18.9 Å². The zero-order chi connectivity index (χ0) is 40.0. The molecule has 5 aliphatic rings. The molecule has 1 amide bonds. The summed E-state index contributed by atoms with van der Waals surface area (Å²) in [6.07, 6.45) is 8.57. The molecule has 0 saturated carbocycles. The van der Waals surface area contributed by atoms with E-state index in [1.165, 1.54) is 13.2 Å². The first kappa shape index (κ1) is 37.7. The second kappa shape index (κ2) is 13.9. The summed E-state index contributed by atoms with van der Waals surface area (Å²) in [5, 5.41) is 1.28. The lowest BCUT2D eigenvalue weighted by Gasteiger charge is -2.49. The zero-order valence-corrected chi connectivity index (χ0v) is 32.9.